The summed E-state index contributed by atoms with van der Waals surface area (Å²) in [6.07, 6.45) is 0. The molecule has 2 spiro atoms. The quantitative estimate of drug-likeness (QED) is 0.120. The van der Waals surface area contributed by atoms with Gasteiger partial charge in [0.25, 0.3) is 0 Å². The molecule has 0 saturated carbocycles. The van der Waals surface area contributed by atoms with Crippen LogP contribution in [0.4, 0.5) is 0 Å². The molecule has 2 heteroatoms. The Kier molecular flexibility index (Phi) is 2.62. The maximum absolute atomic E-state index is 9.90. The van der Waals surface area contributed by atoms with Gasteiger partial charge in [0.1, 0.15) is 9.75 Å². The summed E-state index contributed by atoms with van der Waals surface area (Å²) in [5.41, 5.74) is 19.3. The predicted molar refractivity (Wildman–Crippen MR) is 318 cm³/mol. The van der Waals surface area contributed by atoms with Gasteiger partial charge in [0, 0.05) is 0 Å². The van der Waals surface area contributed by atoms with Crippen LogP contribution in [0.1, 0.15) is 55.6 Å². The van der Waals surface area contributed by atoms with Gasteiger partial charge >= 0.3 is 0 Å². The van der Waals surface area contributed by atoms with Crippen molar-refractivity contribution in [3.8, 4) is 0 Å². The Hall–Kier alpha value is -8.52. The molecule has 0 heterocycles. The lowest BCUT2D eigenvalue weighted by Crippen LogP contribution is -2.65. The van der Waals surface area contributed by atoms with Crippen LogP contribution in [-0.2, 0) is 20.6 Å². The second kappa shape index (κ2) is 6.75. The fraction of sp³-hybridized carbons (Fsp3) is 0.0541. The highest BCUT2D eigenvalue weighted by molar-refractivity contribution is 6.80. The molecule has 26 aromatic rings. The van der Waals surface area contributed by atoms with Crippen molar-refractivity contribution in [1.82, 2.24) is 0 Å². The average Bonchev–Trinajstić information content (AvgIpc) is 1.52. The van der Waals surface area contributed by atoms with Gasteiger partial charge in [-0.1, -0.05) is 60.7 Å². The fourth-order valence-electron chi connectivity index (χ4n) is 27.0. The molecule has 9 aliphatic carbocycles. The van der Waals surface area contributed by atoms with E-state index in [1.807, 2.05) is 0 Å². The van der Waals surface area contributed by atoms with E-state index in [1.54, 1.807) is 221 Å². The highest BCUT2D eigenvalue weighted by atomic mass is 35.5. The topological polar surface area (TPSA) is 0 Å². The number of halogens is 2. The number of rotatable bonds is 2. The number of allylic oxidation sites excluding steroid dienone is 4. The largest absolute Gasteiger partial charge is 0.122 e. The van der Waals surface area contributed by atoms with Crippen molar-refractivity contribution in [2.45, 2.75) is 20.6 Å². The van der Waals surface area contributed by atoms with Crippen molar-refractivity contribution in [2.75, 3.05) is 0 Å². The lowest BCUT2D eigenvalue weighted by atomic mass is 9.32. The Balaban J connectivity index is 1.12. The van der Waals surface area contributed by atoms with Crippen molar-refractivity contribution >= 4 is 288 Å². The minimum Gasteiger partial charge on any atom is -0.104 e. The first-order valence-electron chi connectivity index (χ1n) is 27.9. The Labute approximate surface area is 427 Å². The van der Waals surface area contributed by atoms with Crippen molar-refractivity contribution < 1.29 is 0 Å². The second-order valence-corrected chi connectivity index (χ2v) is 28.4. The van der Waals surface area contributed by atoms with Gasteiger partial charge in [-0.2, -0.15) is 0 Å². The molecule has 0 nitrogen and oxygen atoms in total. The van der Waals surface area contributed by atoms with Crippen LogP contribution in [0.2, 0.25) is 0 Å². The summed E-state index contributed by atoms with van der Waals surface area (Å²) in [5.74, 6) is 0. The predicted octanol–water partition coefficient (Wildman–Crippen LogP) is 19.7. The molecule has 26 aromatic carbocycles. The molecule has 4 unspecified atom stereocenters. The normalized spacial score (nSPS) is 26.4. The van der Waals surface area contributed by atoms with E-state index >= 15 is 0 Å². The van der Waals surface area contributed by atoms with Crippen LogP contribution in [0.15, 0.2) is 66.2 Å². The molecule has 4 atom stereocenters. The summed E-state index contributed by atoms with van der Waals surface area (Å²) in [5, 5.41) is 72.4. The molecule has 9 aliphatic rings. The molecule has 320 valence electrons. The monoisotopic (exact) mass is 968 g/mol. The smallest absolute Gasteiger partial charge is 0.104 e. The van der Waals surface area contributed by atoms with Crippen molar-refractivity contribution in [3.05, 3.63) is 122 Å². The van der Waals surface area contributed by atoms with Crippen LogP contribution < -0.4 is 0 Å². The molecule has 0 radical (unpaired) electrons. The average molecular weight is 970 g/mol. The molecule has 76 heavy (non-hydrogen) atoms. The molecular formula is C74H10Cl2. The van der Waals surface area contributed by atoms with E-state index in [-0.39, 0.29) is 0 Å². The lowest BCUT2D eigenvalue weighted by molar-refractivity contribution is 0.399. The number of hydrogen-bond donors (Lipinski definition) is 0. The van der Waals surface area contributed by atoms with Crippen LogP contribution in [0, 0.1) is 0 Å². The Bertz CT molecular complexity index is 7820. The Morgan fingerprint density at radius 2 is 0.461 bits per heavy atom. The lowest BCUT2D eigenvalue weighted by Gasteiger charge is -2.68. The molecule has 0 bridgehead atoms. The third-order valence-electron chi connectivity index (χ3n) is 27.0. The van der Waals surface area contributed by atoms with Gasteiger partial charge in [-0.05, 0) is 326 Å². The van der Waals surface area contributed by atoms with Gasteiger partial charge < -0.3 is 0 Å². The van der Waals surface area contributed by atoms with Gasteiger partial charge in [-0.25, -0.2) is 0 Å². The van der Waals surface area contributed by atoms with E-state index in [0.29, 0.717) is 0 Å². The highest BCUT2D eigenvalue weighted by Gasteiger charge is 2.85. The van der Waals surface area contributed by atoms with E-state index in [2.05, 4.69) is 60.7 Å². The van der Waals surface area contributed by atoms with Gasteiger partial charge in [0.2, 0.25) is 0 Å². The Morgan fingerprint density at radius 3 is 0.855 bits per heavy atom. The zero-order valence-electron chi connectivity index (χ0n) is 38.5. The minimum absolute atomic E-state index is 0.549. The third-order valence-corrected chi connectivity index (χ3v) is 28.1. The Morgan fingerprint density at radius 1 is 0.197 bits per heavy atom. The van der Waals surface area contributed by atoms with E-state index in [1.165, 1.54) is 104 Å². The maximum Gasteiger partial charge on any atom is 0.122 e. The summed E-state index contributed by atoms with van der Waals surface area (Å²) < 4.78 is 0. The van der Waals surface area contributed by atoms with Crippen LogP contribution in [-0.4, -0.2) is 0 Å². The summed E-state index contributed by atoms with van der Waals surface area (Å²) in [4.78, 5) is -1.85. The summed E-state index contributed by atoms with van der Waals surface area (Å²) in [6, 6.07) is 23.7. The van der Waals surface area contributed by atoms with Gasteiger partial charge in [0.15, 0.2) is 0 Å². The number of alkyl halides is 2. The van der Waals surface area contributed by atoms with E-state index in [9.17, 15) is 23.2 Å². The summed E-state index contributed by atoms with van der Waals surface area (Å²) in [7, 11) is 0. The maximum atomic E-state index is 9.90. The zero-order valence-corrected chi connectivity index (χ0v) is 40.0. The van der Waals surface area contributed by atoms with Crippen LogP contribution in [0.5, 0.6) is 0 Å². The van der Waals surface area contributed by atoms with E-state index in [0.717, 1.165) is 0 Å². The third kappa shape index (κ3) is 1.57. The fourth-order valence-corrected chi connectivity index (χ4v) is 28.1. The molecular weight excluding hydrogens is 960 g/mol. The zero-order chi connectivity index (χ0) is 45.7. The molecule has 0 aliphatic heterocycles. The standard InChI is InChI=1S/C74H10Cl2/c75-73-64-50-40-35-23-19-14-13-15-17-18-16(13)22-24(19)36(40)44-30(22)32-28(18)34-33-27(17)31-29-21(15)25-20(14)26(23)38-42-37(25)41(29)53-55-45(31)46(33)57-58-48(34)47(32)56(54(44)64)67(73)68(58)74(76)66(57)65(55)71-60(11-7-3-1-4-8-11)61(12-9-5-2-6-10-12)72(71)63-52(51(42)62(53)71)43(38)39(35)49(50)59(63)69(73)70(72)74/h1-10H. The van der Waals surface area contributed by atoms with Crippen LogP contribution in [0.3, 0.4) is 0 Å². The van der Waals surface area contributed by atoms with Crippen molar-refractivity contribution in [2.24, 2.45) is 0 Å². The molecule has 0 aromatic heterocycles. The second-order valence-electron chi connectivity index (χ2n) is 27.3. The summed E-state index contributed by atoms with van der Waals surface area (Å²) >= 11 is 19.6. The van der Waals surface area contributed by atoms with Crippen molar-refractivity contribution in [3.63, 3.8) is 0 Å². The van der Waals surface area contributed by atoms with E-state index in [4.69, 9.17) is 0 Å². The molecule has 0 amide bonds. The molecule has 0 fully saturated rings. The number of benzene rings is 18. The van der Waals surface area contributed by atoms with Gasteiger partial charge in [-0.3, -0.25) is 0 Å². The van der Waals surface area contributed by atoms with Gasteiger partial charge in [0.05, 0.1) is 10.8 Å². The van der Waals surface area contributed by atoms with Crippen LogP contribution in [0.25, 0.3) is 264 Å². The first kappa shape index (κ1) is 29.5. The first-order valence-corrected chi connectivity index (χ1v) is 28.7. The number of hydrogen-bond acceptors (Lipinski definition) is 0. The SMILES string of the molecule is ClC12C3=C4c5c6c7c8c9c%10c%11c(c1c1c%12c2c2c%13c%14c(c%15c5c5c7c7c8c8c%10c%10c%16c%11c1c1c%11c%12c%13c%12c%13c%14c%14c%15c5c5c7c7c8c%10c8c(c1%16)c(c%11%12)c1c%13c%14c5c7c18)C42Cl)C91C(c2ccccc2)=C(c2ccccc2)C361. The molecule has 0 N–H and O–H groups in total. The van der Waals surface area contributed by atoms with Crippen molar-refractivity contribution in [1.29, 1.82) is 0 Å². The summed E-state index contributed by atoms with van der Waals surface area (Å²) in [6.45, 7) is 0. The van der Waals surface area contributed by atoms with E-state index < -0.39 is 20.6 Å². The first-order chi connectivity index (χ1) is 37.7. The van der Waals surface area contributed by atoms with Gasteiger partial charge in [-0.15, -0.1) is 23.2 Å². The molecule has 0 saturated heterocycles. The highest BCUT2D eigenvalue weighted by Crippen LogP contribution is 2.95. The minimum atomic E-state index is -0.937. The molecule has 35 rings (SSSR count). The van der Waals surface area contributed by atoms with Crippen LogP contribution >= 0.6 is 23.2 Å².